The fraction of sp³-hybridized carbons (Fsp3) is 0.286. The molecule has 1 aromatic rings. The van der Waals surface area contributed by atoms with E-state index in [1.807, 2.05) is 12.2 Å². The van der Waals surface area contributed by atoms with E-state index in [2.05, 4.69) is 14.7 Å². The standard InChI is InChI=1S/C14H15F4N5O.2ClH/c15-10-8-9(4-5-11(10)24-14(16,17)18)21-12(19)22-13(20)23-6-2-1-3-7-23;;/h1-2,4-5,8H,3,6-7H2,(H4,19,20,21,22);2*1H. The minimum Gasteiger partial charge on any atom is -0.403 e. The van der Waals surface area contributed by atoms with E-state index in [-0.39, 0.29) is 42.4 Å². The lowest BCUT2D eigenvalue weighted by atomic mass is 10.3. The summed E-state index contributed by atoms with van der Waals surface area (Å²) in [7, 11) is 0. The molecule has 0 unspecified atom stereocenters. The van der Waals surface area contributed by atoms with Crippen LogP contribution >= 0.6 is 24.8 Å². The number of nitrogens with zero attached hydrogens (tertiary/aromatic N) is 3. The van der Waals surface area contributed by atoms with Gasteiger partial charge in [-0.15, -0.1) is 38.0 Å². The first kappa shape index (κ1) is 23.8. The van der Waals surface area contributed by atoms with Gasteiger partial charge in [-0.2, -0.15) is 4.99 Å². The first-order valence-electron chi connectivity index (χ1n) is 6.88. The minimum atomic E-state index is -4.98. The van der Waals surface area contributed by atoms with Gasteiger partial charge in [0.15, 0.2) is 17.5 Å². The van der Waals surface area contributed by atoms with Crippen LogP contribution in [0.3, 0.4) is 0 Å². The summed E-state index contributed by atoms with van der Waals surface area (Å²) in [5.74, 6) is -2.27. The van der Waals surface area contributed by atoms with Crippen LogP contribution in [-0.2, 0) is 0 Å². The summed E-state index contributed by atoms with van der Waals surface area (Å²) in [6.07, 6.45) is -0.228. The maximum atomic E-state index is 13.6. The van der Waals surface area contributed by atoms with E-state index in [1.165, 1.54) is 0 Å². The summed E-state index contributed by atoms with van der Waals surface area (Å²) in [6.45, 7) is 1.26. The molecule has 1 aliphatic rings. The minimum absolute atomic E-state index is 0. The zero-order valence-electron chi connectivity index (χ0n) is 13.2. The topological polar surface area (TPSA) is 89.2 Å². The molecule has 0 fully saturated rings. The number of rotatable bonds is 2. The summed E-state index contributed by atoms with van der Waals surface area (Å²) in [5.41, 5.74) is 11.4. The van der Waals surface area contributed by atoms with E-state index in [1.54, 1.807) is 4.90 Å². The molecule has 6 nitrogen and oxygen atoms in total. The second kappa shape index (κ2) is 10.1. The van der Waals surface area contributed by atoms with Gasteiger partial charge in [0.1, 0.15) is 0 Å². The molecule has 0 atom stereocenters. The van der Waals surface area contributed by atoms with Gasteiger partial charge in [0.2, 0.25) is 5.96 Å². The number of benzene rings is 1. The Kier molecular flexibility index (Phi) is 9.22. The van der Waals surface area contributed by atoms with E-state index in [0.717, 1.165) is 24.6 Å². The Morgan fingerprint density at radius 1 is 1.15 bits per heavy atom. The number of ether oxygens (including phenoxy) is 1. The van der Waals surface area contributed by atoms with Crippen molar-refractivity contribution in [2.24, 2.45) is 21.5 Å². The predicted molar refractivity (Wildman–Crippen MR) is 95.8 cm³/mol. The van der Waals surface area contributed by atoms with Crippen molar-refractivity contribution in [1.82, 2.24) is 4.90 Å². The van der Waals surface area contributed by atoms with Crippen LogP contribution in [0.5, 0.6) is 5.75 Å². The summed E-state index contributed by atoms with van der Waals surface area (Å²) >= 11 is 0. The molecule has 4 N–H and O–H groups in total. The second-order valence-corrected chi connectivity index (χ2v) is 4.81. The van der Waals surface area contributed by atoms with Gasteiger partial charge in [-0.1, -0.05) is 12.2 Å². The second-order valence-electron chi connectivity index (χ2n) is 4.81. The number of aliphatic imine (C=N–C) groups is 2. The summed E-state index contributed by atoms with van der Waals surface area (Å²) in [4.78, 5) is 9.45. The van der Waals surface area contributed by atoms with Crippen molar-refractivity contribution in [1.29, 1.82) is 0 Å². The van der Waals surface area contributed by atoms with Crippen LogP contribution in [0.15, 0.2) is 40.3 Å². The zero-order chi connectivity index (χ0) is 17.7. The summed E-state index contributed by atoms with van der Waals surface area (Å²) < 4.78 is 53.3. The Labute approximate surface area is 159 Å². The SMILES string of the molecule is Cl.Cl.NC(=Nc1ccc(OC(F)(F)F)c(F)c1)/N=C(/N)N1CC=CCC1. The number of guanidine groups is 2. The van der Waals surface area contributed by atoms with Crippen LogP contribution in [0.2, 0.25) is 0 Å². The lowest BCUT2D eigenvalue weighted by Crippen LogP contribution is -2.40. The fourth-order valence-corrected chi connectivity index (χ4v) is 1.96. The van der Waals surface area contributed by atoms with Crippen LogP contribution in [0.1, 0.15) is 6.42 Å². The van der Waals surface area contributed by atoms with Crippen molar-refractivity contribution >= 4 is 42.4 Å². The van der Waals surface area contributed by atoms with Gasteiger partial charge in [0.05, 0.1) is 5.69 Å². The van der Waals surface area contributed by atoms with E-state index < -0.39 is 17.9 Å². The third-order valence-corrected chi connectivity index (χ3v) is 3.00. The monoisotopic (exact) mass is 417 g/mol. The van der Waals surface area contributed by atoms with E-state index in [0.29, 0.717) is 13.1 Å². The molecule has 0 saturated heterocycles. The first-order valence-corrected chi connectivity index (χ1v) is 6.88. The van der Waals surface area contributed by atoms with E-state index in [9.17, 15) is 17.6 Å². The lowest BCUT2D eigenvalue weighted by molar-refractivity contribution is -0.275. The fourth-order valence-electron chi connectivity index (χ4n) is 1.96. The average Bonchev–Trinajstić information content (AvgIpc) is 2.49. The normalized spacial score (nSPS) is 15.2. The molecule has 26 heavy (non-hydrogen) atoms. The molecule has 0 aliphatic carbocycles. The van der Waals surface area contributed by atoms with Gasteiger partial charge in [-0.25, -0.2) is 9.38 Å². The summed E-state index contributed by atoms with van der Waals surface area (Å²) in [6, 6.07) is 2.67. The number of hydrogen-bond acceptors (Lipinski definition) is 2. The Bertz CT molecular complexity index is 694. The first-order chi connectivity index (χ1) is 11.2. The van der Waals surface area contributed by atoms with Gasteiger partial charge in [0.25, 0.3) is 0 Å². The molecule has 0 spiro atoms. The zero-order valence-corrected chi connectivity index (χ0v) is 14.9. The number of alkyl halides is 3. The van der Waals surface area contributed by atoms with Crippen molar-refractivity contribution < 1.29 is 22.3 Å². The molecule has 0 aromatic heterocycles. The highest BCUT2D eigenvalue weighted by molar-refractivity contribution is 5.94. The van der Waals surface area contributed by atoms with Crippen molar-refractivity contribution in [3.05, 3.63) is 36.2 Å². The Morgan fingerprint density at radius 2 is 1.85 bits per heavy atom. The number of halogens is 6. The smallest absolute Gasteiger partial charge is 0.403 e. The third kappa shape index (κ3) is 7.36. The van der Waals surface area contributed by atoms with Gasteiger partial charge in [-0.3, -0.25) is 0 Å². The molecule has 12 heteroatoms. The van der Waals surface area contributed by atoms with Crippen molar-refractivity contribution in [2.45, 2.75) is 12.8 Å². The van der Waals surface area contributed by atoms with Crippen LogP contribution in [0, 0.1) is 5.82 Å². The Hall–Kier alpha value is -2.20. The van der Waals surface area contributed by atoms with Crippen LogP contribution in [0.25, 0.3) is 0 Å². The molecule has 2 rings (SSSR count). The predicted octanol–water partition coefficient (Wildman–Crippen LogP) is 3.09. The lowest BCUT2D eigenvalue weighted by Gasteiger charge is -2.23. The third-order valence-electron chi connectivity index (χ3n) is 3.00. The van der Waals surface area contributed by atoms with Gasteiger partial charge in [0, 0.05) is 19.2 Å². The van der Waals surface area contributed by atoms with E-state index >= 15 is 0 Å². The van der Waals surface area contributed by atoms with Crippen molar-refractivity contribution in [3.8, 4) is 5.75 Å². The Morgan fingerprint density at radius 3 is 2.38 bits per heavy atom. The molecular formula is C14H17Cl2F4N5O. The van der Waals surface area contributed by atoms with Crippen molar-refractivity contribution in [2.75, 3.05) is 13.1 Å². The van der Waals surface area contributed by atoms with Crippen LogP contribution < -0.4 is 16.2 Å². The largest absolute Gasteiger partial charge is 0.573 e. The molecular weight excluding hydrogens is 401 g/mol. The molecule has 1 aromatic carbocycles. The number of nitrogens with two attached hydrogens (primary N) is 2. The maximum Gasteiger partial charge on any atom is 0.573 e. The maximum absolute atomic E-state index is 13.6. The highest BCUT2D eigenvalue weighted by Gasteiger charge is 2.32. The van der Waals surface area contributed by atoms with Crippen LogP contribution in [-0.4, -0.2) is 36.3 Å². The summed E-state index contributed by atoms with van der Waals surface area (Å²) in [5, 5.41) is 0. The molecule has 0 radical (unpaired) electrons. The molecule has 0 amide bonds. The van der Waals surface area contributed by atoms with Gasteiger partial charge >= 0.3 is 6.36 Å². The molecule has 1 heterocycles. The van der Waals surface area contributed by atoms with Crippen LogP contribution in [0.4, 0.5) is 23.2 Å². The Balaban J connectivity index is 0.00000312. The molecule has 0 bridgehead atoms. The molecule has 146 valence electrons. The highest BCUT2D eigenvalue weighted by atomic mass is 35.5. The number of hydrogen-bond donors (Lipinski definition) is 2. The highest BCUT2D eigenvalue weighted by Crippen LogP contribution is 2.28. The average molecular weight is 418 g/mol. The van der Waals surface area contributed by atoms with Crippen molar-refractivity contribution in [3.63, 3.8) is 0 Å². The quantitative estimate of drug-likeness (QED) is 0.334. The molecule has 0 saturated carbocycles. The van der Waals surface area contributed by atoms with E-state index in [4.69, 9.17) is 11.5 Å². The van der Waals surface area contributed by atoms with Gasteiger partial charge < -0.3 is 21.1 Å². The van der Waals surface area contributed by atoms with Gasteiger partial charge in [-0.05, 0) is 18.6 Å². The molecule has 1 aliphatic heterocycles.